The lowest BCUT2D eigenvalue weighted by molar-refractivity contribution is 1.43. The van der Waals surface area contributed by atoms with Crippen LogP contribution in [0.2, 0.25) is 5.02 Å². The third-order valence-electron chi connectivity index (χ3n) is 2.27. The largest absolute Gasteiger partial charge is 0.0837 e. The van der Waals surface area contributed by atoms with Crippen LogP contribution in [-0.2, 0) is 0 Å². The topological polar surface area (TPSA) is 0 Å². The summed E-state index contributed by atoms with van der Waals surface area (Å²) >= 11 is 6.11. The lowest BCUT2D eigenvalue weighted by Gasteiger charge is -2.05. The van der Waals surface area contributed by atoms with E-state index in [4.69, 9.17) is 11.6 Å². The summed E-state index contributed by atoms with van der Waals surface area (Å²) in [5.74, 6) is 0. The third-order valence-corrected chi connectivity index (χ3v) is 2.58. The first kappa shape index (κ1) is 12.1. The molecule has 2 rings (SSSR count). The van der Waals surface area contributed by atoms with Gasteiger partial charge < -0.3 is 0 Å². The minimum atomic E-state index is 0.843. The number of benzene rings is 2. The Morgan fingerprint density at radius 2 is 1.67 bits per heavy atom. The van der Waals surface area contributed by atoms with E-state index in [-0.39, 0.29) is 0 Å². The minimum Gasteiger partial charge on any atom is -0.0837 e. The number of rotatable bonds is 0. The summed E-state index contributed by atoms with van der Waals surface area (Å²) in [5, 5.41) is 3.25. The van der Waals surface area contributed by atoms with Crippen molar-refractivity contribution < 1.29 is 0 Å². The van der Waals surface area contributed by atoms with Crippen molar-refractivity contribution in [3.63, 3.8) is 0 Å². The van der Waals surface area contributed by atoms with E-state index in [9.17, 15) is 0 Å². The molecule has 0 aliphatic heterocycles. The van der Waals surface area contributed by atoms with Crippen LogP contribution in [0, 0.1) is 13.8 Å². The zero-order valence-corrected chi connectivity index (χ0v) is 10.5. The van der Waals surface area contributed by atoms with E-state index in [2.05, 4.69) is 32.0 Å². The second-order valence-corrected chi connectivity index (χ2v) is 3.83. The van der Waals surface area contributed by atoms with Gasteiger partial charge in [-0.15, -0.1) is 0 Å². The summed E-state index contributed by atoms with van der Waals surface area (Å²) in [5.41, 5.74) is 2.54. The Hall–Kier alpha value is -1.01. The maximum absolute atomic E-state index is 6.11. The fourth-order valence-corrected chi connectivity index (χ4v) is 2.11. The molecule has 0 bridgehead atoms. The van der Waals surface area contributed by atoms with Gasteiger partial charge in [0.1, 0.15) is 0 Å². The fraction of sp³-hybridized carbons (Fsp3) is 0.286. The summed E-state index contributed by atoms with van der Waals surface area (Å²) in [6, 6.07) is 10.3. The van der Waals surface area contributed by atoms with Crippen LogP contribution >= 0.6 is 11.6 Å². The van der Waals surface area contributed by atoms with Gasteiger partial charge in [-0.25, -0.2) is 0 Å². The van der Waals surface area contributed by atoms with Gasteiger partial charge in [0.05, 0.1) is 0 Å². The monoisotopic (exact) mass is 220 g/mol. The number of aryl methyl sites for hydroxylation is 2. The van der Waals surface area contributed by atoms with E-state index in [1.54, 1.807) is 0 Å². The number of hydrogen-bond acceptors (Lipinski definition) is 0. The van der Waals surface area contributed by atoms with Crippen molar-refractivity contribution >= 4 is 22.4 Å². The molecular formula is C14H17Cl. The smallest absolute Gasteiger partial charge is 0.0487 e. The van der Waals surface area contributed by atoms with Crippen molar-refractivity contribution in [2.45, 2.75) is 27.7 Å². The van der Waals surface area contributed by atoms with Gasteiger partial charge in [-0.3, -0.25) is 0 Å². The molecule has 0 aliphatic rings. The van der Waals surface area contributed by atoms with E-state index in [0.29, 0.717) is 0 Å². The molecule has 0 spiro atoms. The Kier molecular flexibility index (Phi) is 4.16. The van der Waals surface area contributed by atoms with Crippen LogP contribution in [0.4, 0.5) is 0 Å². The Morgan fingerprint density at radius 1 is 1.00 bits per heavy atom. The average molecular weight is 221 g/mol. The highest BCUT2D eigenvalue weighted by Crippen LogP contribution is 2.27. The third kappa shape index (κ3) is 2.51. The molecule has 80 valence electrons. The summed E-state index contributed by atoms with van der Waals surface area (Å²) < 4.78 is 0. The first-order valence-corrected chi connectivity index (χ1v) is 5.72. The zero-order valence-electron chi connectivity index (χ0n) is 9.76. The molecule has 0 saturated heterocycles. The molecule has 2 aromatic carbocycles. The standard InChI is InChI=1S/C12H11Cl.C2H6/c1-8-6-9(2)12-10(7-8)4-3-5-11(12)13;1-2/h3-7H,1-2H3;1-2H3. The van der Waals surface area contributed by atoms with Crippen LogP contribution in [0.5, 0.6) is 0 Å². The highest BCUT2D eigenvalue weighted by Gasteiger charge is 2.01. The fourth-order valence-electron chi connectivity index (χ4n) is 1.78. The minimum absolute atomic E-state index is 0.843. The number of hydrogen-bond donors (Lipinski definition) is 0. The molecule has 0 amide bonds. The average Bonchev–Trinajstić information content (AvgIpc) is 2.19. The van der Waals surface area contributed by atoms with Crippen molar-refractivity contribution in [2.75, 3.05) is 0 Å². The molecule has 15 heavy (non-hydrogen) atoms. The molecule has 0 N–H and O–H groups in total. The van der Waals surface area contributed by atoms with Gasteiger partial charge in [-0.2, -0.15) is 0 Å². The lowest BCUT2D eigenvalue weighted by Crippen LogP contribution is -1.82. The van der Waals surface area contributed by atoms with E-state index < -0.39 is 0 Å². The second-order valence-electron chi connectivity index (χ2n) is 3.42. The van der Waals surface area contributed by atoms with Gasteiger partial charge in [0.2, 0.25) is 0 Å². The van der Waals surface area contributed by atoms with Crippen molar-refractivity contribution in [3.8, 4) is 0 Å². The molecule has 0 atom stereocenters. The van der Waals surface area contributed by atoms with E-state index in [1.165, 1.54) is 21.9 Å². The van der Waals surface area contributed by atoms with E-state index >= 15 is 0 Å². The maximum atomic E-state index is 6.11. The normalized spacial score (nSPS) is 9.67. The number of fused-ring (bicyclic) bond motifs is 1. The molecule has 0 radical (unpaired) electrons. The first-order valence-electron chi connectivity index (χ1n) is 5.34. The molecule has 0 aliphatic carbocycles. The molecule has 2 aromatic rings. The summed E-state index contributed by atoms with van der Waals surface area (Å²) in [7, 11) is 0. The molecule has 0 heterocycles. The lowest BCUT2D eigenvalue weighted by atomic mass is 10.0. The molecule has 0 unspecified atom stereocenters. The number of halogens is 1. The predicted molar refractivity (Wildman–Crippen MR) is 69.8 cm³/mol. The highest BCUT2D eigenvalue weighted by atomic mass is 35.5. The van der Waals surface area contributed by atoms with Crippen molar-refractivity contribution in [3.05, 3.63) is 46.5 Å². The quantitative estimate of drug-likeness (QED) is 0.577. The molecule has 1 heteroatoms. The Morgan fingerprint density at radius 3 is 2.33 bits per heavy atom. The van der Waals surface area contributed by atoms with Crippen LogP contribution in [0.3, 0.4) is 0 Å². The molecule has 0 fully saturated rings. The van der Waals surface area contributed by atoms with Crippen LogP contribution in [0.25, 0.3) is 10.8 Å². The predicted octanol–water partition coefficient (Wildman–Crippen LogP) is 5.14. The molecule has 0 aromatic heterocycles. The summed E-state index contributed by atoms with van der Waals surface area (Å²) in [4.78, 5) is 0. The van der Waals surface area contributed by atoms with Crippen LogP contribution < -0.4 is 0 Å². The summed E-state index contributed by atoms with van der Waals surface area (Å²) in [6.07, 6.45) is 0. The van der Waals surface area contributed by atoms with Crippen molar-refractivity contribution in [1.29, 1.82) is 0 Å². The SMILES string of the molecule is CC.Cc1cc(C)c2c(Cl)cccc2c1. The van der Waals surface area contributed by atoms with Gasteiger partial charge >= 0.3 is 0 Å². The molecule has 0 saturated carbocycles. The van der Waals surface area contributed by atoms with Gasteiger partial charge in [-0.05, 0) is 30.9 Å². The Bertz CT molecular complexity index is 458. The highest BCUT2D eigenvalue weighted by molar-refractivity contribution is 6.35. The van der Waals surface area contributed by atoms with E-state index in [1.807, 2.05) is 26.0 Å². The first-order chi connectivity index (χ1) is 7.18. The van der Waals surface area contributed by atoms with Crippen molar-refractivity contribution in [1.82, 2.24) is 0 Å². The zero-order chi connectivity index (χ0) is 11.4. The van der Waals surface area contributed by atoms with Gasteiger partial charge in [0, 0.05) is 10.4 Å². The summed E-state index contributed by atoms with van der Waals surface area (Å²) in [6.45, 7) is 8.20. The van der Waals surface area contributed by atoms with Gasteiger partial charge in [0.25, 0.3) is 0 Å². The Balaban J connectivity index is 0.000000531. The molecule has 0 nitrogen and oxygen atoms in total. The van der Waals surface area contributed by atoms with Gasteiger partial charge in [0.15, 0.2) is 0 Å². The van der Waals surface area contributed by atoms with Crippen molar-refractivity contribution in [2.24, 2.45) is 0 Å². The van der Waals surface area contributed by atoms with E-state index in [0.717, 1.165) is 5.02 Å². The second kappa shape index (κ2) is 5.18. The van der Waals surface area contributed by atoms with Crippen LogP contribution in [0.15, 0.2) is 30.3 Å². The van der Waals surface area contributed by atoms with Gasteiger partial charge in [-0.1, -0.05) is 55.3 Å². The van der Waals surface area contributed by atoms with Crippen LogP contribution in [-0.4, -0.2) is 0 Å². The molecular weight excluding hydrogens is 204 g/mol. The Labute approximate surface area is 96.9 Å². The maximum Gasteiger partial charge on any atom is 0.0487 e. The van der Waals surface area contributed by atoms with Crippen LogP contribution in [0.1, 0.15) is 25.0 Å².